The minimum atomic E-state index is -3.96. The van der Waals surface area contributed by atoms with Gasteiger partial charge in [-0.25, -0.2) is 0 Å². The number of hydrogen-bond acceptors (Lipinski definition) is 3. The van der Waals surface area contributed by atoms with Crippen LogP contribution in [0, 0.1) is 0 Å². The van der Waals surface area contributed by atoms with E-state index in [1.165, 1.54) is 0 Å². The molecule has 0 radical (unpaired) electrons. The molecule has 7 heteroatoms. The molecule has 0 rings (SSSR count). The maximum absolute atomic E-state index is 12.0. The molecule has 0 saturated heterocycles. The number of nitrogens with zero attached hydrogens (tertiary/aromatic N) is 1. The second-order valence-corrected chi connectivity index (χ2v) is 13.6. The summed E-state index contributed by atoms with van der Waals surface area (Å²) in [6, 6.07) is 1.12. The first-order valence-corrected chi connectivity index (χ1v) is 12.1. The predicted molar refractivity (Wildman–Crippen MR) is 85.2 cm³/mol. The second-order valence-electron chi connectivity index (χ2n) is 6.38. The van der Waals surface area contributed by atoms with E-state index in [1.54, 1.807) is 11.8 Å². The van der Waals surface area contributed by atoms with Gasteiger partial charge in [0.15, 0.2) is 0 Å². The van der Waals surface area contributed by atoms with Gasteiger partial charge < -0.3 is 4.90 Å². The van der Waals surface area contributed by atoms with Crippen molar-refractivity contribution in [3.63, 3.8) is 0 Å². The topological polar surface area (TPSA) is 74.7 Å². The lowest BCUT2D eigenvalue weighted by atomic mass is 10.2. The van der Waals surface area contributed by atoms with Crippen molar-refractivity contribution in [3.8, 4) is 0 Å². The smallest absolute Gasteiger partial charge is 0.264 e. The SMILES string of the molecule is C=C(C)C(=O)N(CCC[Si](C)(C)C)CCCS(=O)(=O)O. The summed E-state index contributed by atoms with van der Waals surface area (Å²) in [7, 11) is -5.11. The van der Waals surface area contributed by atoms with Crippen molar-refractivity contribution >= 4 is 24.1 Å². The molecule has 0 unspecified atom stereocenters. The molecule has 0 aromatic rings. The van der Waals surface area contributed by atoms with Crippen molar-refractivity contribution in [2.75, 3.05) is 18.8 Å². The number of carbonyl (C=O) groups excluding carboxylic acids is 1. The molecule has 5 nitrogen and oxygen atoms in total. The molecule has 0 heterocycles. The van der Waals surface area contributed by atoms with Gasteiger partial charge in [0.1, 0.15) is 0 Å². The Morgan fingerprint density at radius 1 is 1.20 bits per heavy atom. The first-order chi connectivity index (χ1) is 8.92. The van der Waals surface area contributed by atoms with Gasteiger partial charge in [0.2, 0.25) is 5.91 Å². The highest BCUT2D eigenvalue weighted by Crippen LogP contribution is 2.12. The van der Waals surface area contributed by atoms with Crippen LogP contribution in [-0.2, 0) is 14.9 Å². The Morgan fingerprint density at radius 2 is 1.70 bits per heavy atom. The molecular weight excluding hydrogens is 294 g/mol. The molecule has 1 amide bonds. The van der Waals surface area contributed by atoms with Gasteiger partial charge in [-0.15, -0.1) is 0 Å². The highest BCUT2D eigenvalue weighted by molar-refractivity contribution is 7.85. The van der Waals surface area contributed by atoms with Crippen LogP contribution in [0.25, 0.3) is 0 Å². The Balaban J connectivity index is 4.43. The standard InChI is InChI=1S/C13H27NO4SSi/c1-12(2)13(15)14(8-6-10-19(16,17)18)9-7-11-20(3,4)5/h1,6-11H2,2-5H3,(H,16,17,18). The molecule has 0 aliphatic rings. The van der Waals surface area contributed by atoms with Crippen LogP contribution in [-0.4, -0.2) is 50.7 Å². The minimum Gasteiger partial charge on any atom is -0.339 e. The molecule has 0 aromatic heterocycles. The molecule has 0 atom stereocenters. The van der Waals surface area contributed by atoms with E-state index in [1.807, 2.05) is 0 Å². The summed E-state index contributed by atoms with van der Waals surface area (Å²) in [6.07, 6.45) is 1.16. The fraction of sp³-hybridized carbons (Fsp3) is 0.769. The molecule has 0 bridgehead atoms. The van der Waals surface area contributed by atoms with Gasteiger partial charge in [0.25, 0.3) is 10.1 Å². The molecule has 0 aliphatic carbocycles. The quantitative estimate of drug-likeness (QED) is 0.402. The fourth-order valence-corrected chi connectivity index (χ4v) is 3.54. The van der Waals surface area contributed by atoms with Crippen LogP contribution in [0.4, 0.5) is 0 Å². The summed E-state index contributed by atoms with van der Waals surface area (Å²) in [5.41, 5.74) is 0.449. The zero-order chi connectivity index (χ0) is 16.0. The number of carbonyl (C=O) groups is 1. The fourth-order valence-electron chi connectivity index (χ4n) is 1.82. The zero-order valence-electron chi connectivity index (χ0n) is 13.0. The first-order valence-electron chi connectivity index (χ1n) is 6.82. The number of rotatable bonds is 9. The molecule has 118 valence electrons. The van der Waals surface area contributed by atoms with Crippen molar-refractivity contribution < 1.29 is 17.8 Å². The van der Waals surface area contributed by atoms with Crippen molar-refractivity contribution in [2.24, 2.45) is 0 Å². The Hall–Kier alpha value is -0.663. The third kappa shape index (κ3) is 10.2. The Bertz CT molecular complexity index is 440. The molecule has 0 aliphatic heterocycles. The molecule has 0 saturated carbocycles. The highest BCUT2D eigenvalue weighted by Gasteiger charge is 2.17. The van der Waals surface area contributed by atoms with E-state index in [-0.39, 0.29) is 18.1 Å². The van der Waals surface area contributed by atoms with Gasteiger partial charge >= 0.3 is 0 Å². The van der Waals surface area contributed by atoms with Gasteiger partial charge in [-0.1, -0.05) is 32.3 Å². The lowest BCUT2D eigenvalue weighted by molar-refractivity contribution is -0.127. The third-order valence-corrected chi connectivity index (χ3v) is 5.50. The monoisotopic (exact) mass is 321 g/mol. The van der Waals surface area contributed by atoms with Crippen molar-refractivity contribution in [2.45, 2.75) is 45.5 Å². The van der Waals surface area contributed by atoms with Crippen LogP contribution in [0.1, 0.15) is 19.8 Å². The van der Waals surface area contributed by atoms with Crippen LogP contribution < -0.4 is 0 Å². The normalized spacial score (nSPS) is 12.2. The summed E-state index contributed by atoms with van der Waals surface area (Å²) < 4.78 is 30.1. The van der Waals surface area contributed by atoms with Crippen molar-refractivity contribution in [1.82, 2.24) is 4.90 Å². The van der Waals surface area contributed by atoms with Crippen molar-refractivity contribution in [3.05, 3.63) is 12.2 Å². The number of amides is 1. The number of hydrogen-bond donors (Lipinski definition) is 1. The maximum Gasteiger partial charge on any atom is 0.264 e. The van der Waals surface area contributed by atoms with E-state index in [0.717, 1.165) is 12.5 Å². The summed E-state index contributed by atoms with van der Waals surface area (Å²) in [5, 5.41) is 0. The lowest BCUT2D eigenvalue weighted by Crippen LogP contribution is -2.35. The van der Waals surface area contributed by atoms with Crippen LogP contribution in [0.5, 0.6) is 0 Å². The van der Waals surface area contributed by atoms with Crippen LogP contribution in [0.2, 0.25) is 25.7 Å². The summed E-state index contributed by atoms with van der Waals surface area (Å²) in [6.45, 7) is 13.1. The average Bonchev–Trinajstić information content (AvgIpc) is 2.22. The minimum absolute atomic E-state index is 0.143. The first kappa shape index (κ1) is 19.3. The Kier molecular flexibility index (Phi) is 7.68. The molecular formula is C13H27NO4SSi. The Labute approximate surface area is 123 Å². The second kappa shape index (κ2) is 7.95. The van der Waals surface area contributed by atoms with E-state index in [0.29, 0.717) is 18.7 Å². The van der Waals surface area contributed by atoms with Crippen molar-refractivity contribution in [1.29, 1.82) is 0 Å². The van der Waals surface area contributed by atoms with Gasteiger partial charge in [-0.3, -0.25) is 9.35 Å². The average molecular weight is 322 g/mol. The van der Waals surface area contributed by atoms with E-state index < -0.39 is 18.2 Å². The largest absolute Gasteiger partial charge is 0.339 e. The molecule has 0 spiro atoms. The maximum atomic E-state index is 12.0. The molecule has 0 aromatic carbocycles. The van der Waals surface area contributed by atoms with Gasteiger partial charge in [-0.2, -0.15) is 8.42 Å². The molecule has 20 heavy (non-hydrogen) atoms. The van der Waals surface area contributed by atoms with Crippen LogP contribution >= 0.6 is 0 Å². The molecule has 1 N–H and O–H groups in total. The van der Waals surface area contributed by atoms with Crippen LogP contribution in [0.15, 0.2) is 12.2 Å². The van der Waals surface area contributed by atoms with E-state index in [9.17, 15) is 13.2 Å². The van der Waals surface area contributed by atoms with E-state index in [2.05, 4.69) is 26.2 Å². The van der Waals surface area contributed by atoms with E-state index >= 15 is 0 Å². The molecule has 0 fully saturated rings. The predicted octanol–water partition coefficient (Wildman–Crippen LogP) is 2.40. The highest BCUT2D eigenvalue weighted by atomic mass is 32.2. The summed E-state index contributed by atoms with van der Waals surface area (Å²) in [5.74, 6) is -0.461. The van der Waals surface area contributed by atoms with Gasteiger partial charge in [0, 0.05) is 26.7 Å². The lowest BCUT2D eigenvalue weighted by Gasteiger charge is -2.24. The zero-order valence-corrected chi connectivity index (χ0v) is 14.8. The van der Waals surface area contributed by atoms with Gasteiger partial charge in [-0.05, 0) is 19.8 Å². The van der Waals surface area contributed by atoms with E-state index in [4.69, 9.17) is 4.55 Å². The summed E-state index contributed by atoms with van der Waals surface area (Å²) in [4.78, 5) is 13.6. The summed E-state index contributed by atoms with van der Waals surface area (Å²) >= 11 is 0. The Morgan fingerprint density at radius 3 is 2.10 bits per heavy atom. The van der Waals surface area contributed by atoms with Gasteiger partial charge in [0.05, 0.1) is 5.75 Å². The third-order valence-electron chi connectivity index (χ3n) is 2.84. The van der Waals surface area contributed by atoms with Crippen LogP contribution in [0.3, 0.4) is 0 Å².